The van der Waals surface area contributed by atoms with Gasteiger partial charge in [-0.15, -0.1) is 0 Å². The highest BCUT2D eigenvalue weighted by Crippen LogP contribution is 2.43. The van der Waals surface area contributed by atoms with Gasteiger partial charge in [0.15, 0.2) is 6.61 Å². The predicted octanol–water partition coefficient (Wildman–Crippen LogP) is 3.40. The normalized spacial score (nSPS) is 29.0. The van der Waals surface area contributed by atoms with E-state index in [1.54, 1.807) is 12.1 Å². The van der Waals surface area contributed by atoms with E-state index in [1.165, 1.54) is 12.1 Å². The Kier molecular flexibility index (Phi) is 4.56. The number of likely N-dealkylation sites (tertiary alicyclic amines) is 1. The number of halogens is 1. The SMILES string of the molecule is CC1(C)CC[C@H]2CN(C(=O)COc3cccc(F)c3)CC[C@@]2(C)O1. The molecule has 1 amide bonds. The predicted molar refractivity (Wildman–Crippen MR) is 89.4 cm³/mol. The molecule has 2 fully saturated rings. The van der Waals surface area contributed by atoms with E-state index >= 15 is 0 Å². The zero-order valence-corrected chi connectivity index (χ0v) is 14.7. The second-order valence-corrected chi connectivity index (χ2v) is 7.75. The summed E-state index contributed by atoms with van der Waals surface area (Å²) in [5.74, 6) is 0.326. The number of piperidine rings is 1. The third-order valence-corrected chi connectivity index (χ3v) is 5.30. The van der Waals surface area contributed by atoms with Crippen molar-refractivity contribution in [2.75, 3.05) is 19.7 Å². The van der Waals surface area contributed by atoms with E-state index < -0.39 is 0 Å². The fraction of sp³-hybridized carbons (Fsp3) is 0.632. The molecule has 5 heteroatoms. The van der Waals surface area contributed by atoms with Crippen molar-refractivity contribution in [3.63, 3.8) is 0 Å². The average molecular weight is 335 g/mol. The van der Waals surface area contributed by atoms with Crippen LogP contribution in [0.5, 0.6) is 5.75 Å². The first kappa shape index (κ1) is 17.2. The van der Waals surface area contributed by atoms with Crippen molar-refractivity contribution in [2.24, 2.45) is 5.92 Å². The van der Waals surface area contributed by atoms with E-state index in [9.17, 15) is 9.18 Å². The molecule has 2 heterocycles. The van der Waals surface area contributed by atoms with Crippen LogP contribution in [0.25, 0.3) is 0 Å². The molecule has 0 aromatic heterocycles. The number of ether oxygens (including phenoxy) is 2. The standard InChI is InChI=1S/C19H26FNO3/c1-18(2)8-7-14-12-21(10-9-19(14,3)24-18)17(22)13-23-16-6-4-5-15(20)11-16/h4-6,11,14H,7-10,12-13H2,1-3H3/t14-,19+/m0/s1. The highest BCUT2D eigenvalue weighted by Gasteiger charge is 2.47. The first-order valence-electron chi connectivity index (χ1n) is 8.64. The van der Waals surface area contributed by atoms with Gasteiger partial charge in [-0.25, -0.2) is 4.39 Å². The number of hydrogen-bond donors (Lipinski definition) is 0. The van der Waals surface area contributed by atoms with E-state index in [0.29, 0.717) is 24.8 Å². The van der Waals surface area contributed by atoms with Crippen molar-refractivity contribution in [3.05, 3.63) is 30.1 Å². The molecule has 0 aliphatic carbocycles. The summed E-state index contributed by atoms with van der Waals surface area (Å²) >= 11 is 0. The van der Waals surface area contributed by atoms with E-state index in [0.717, 1.165) is 19.3 Å². The van der Waals surface area contributed by atoms with Crippen molar-refractivity contribution in [1.29, 1.82) is 0 Å². The minimum Gasteiger partial charge on any atom is -0.484 e. The Balaban J connectivity index is 1.56. The molecular weight excluding hydrogens is 309 g/mol. The fourth-order valence-electron chi connectivity index (χ4n) is 3.87. The number of hydrogen-bond acceptors (Lipinski definition) is 3. The van der Waals surface area contributed by atoms with Gasteiger partial charge in [0.25, 0.3) is 5.91 Å². The maximum atomic E-state index is 13.1. The summed E-state index contributed by atoms with van der Waals surface area (Å²) < 4.78 is 24.9. The van der Waals surface area contributed by atoms with Crippen LogP contribution in [0.4, 0.5) is 4.39 Å². The monoisotopic (exact) mass is 335 g/mol. The van der Waals surface area contributed by atoms with Crippen LogP contribution in [0.15, 0.2) is 24.3 Å². The lowest BCUT2D eigenvalue weighted by Crippen LogP contribution is -2.59. The summed E-state index contributed by atoms with van der Waals surface area (Å²) in [7, 11) is 0. The number of amides is 1. The lowest BCUT2D eigenvalue weighted by atomic mass is 9.74. The summed E-state index contributed by atoms with van der Waals surface area (Å²) in [4.78, 5) is 14.3. The lowest BCUT2D eigenvalue weighted by Gasteiger charge is -2.53. The number of fused-ring (bicyclic) bond motifs is 1. The topological polar surface area (TPSA) is 38.8 Å². The molecule has 0 radical (unpaired) electrons. The lowest BCUT2D eigenvalue weighted by molar-refractivity contribution is -0.214. The van der Waals surface area contributed by atoms with Crippen LogP contribution in [0, 0.1) is 11.7 Å². The minimum atomic E-state index is -0.365. The van der Waals surface area contributed by atoms with Crippen LogP contribution >= 0.6 is 0 Å². The molecule has 2 aliphatic heterocycles. The fourth-order valence-corrected chi connectivity index (χ4v) is 3.87. The molecule has 0 saturated carbocycles. The molecule has 0 bridgehead atoms. The van der Waals surface area contributed by atoms with Crippen LogP contribution in [0.2, 0.25) is 0 Å². The smallest absolute Gasteiger partial charge is 0.260 e. The summed E-state index contributed by atoms with van der Waals surface area (Å²) in [6.07, 6.45) is 2.92. The number of carbonyl (C=O) groups is 1. The van der Waals surface area contributed by atoms with Gasteiger partial charge < -0.3 is 14.4 Å². The minimum absolute atomic E-state index is 0.0499. The van der Waals surface area contributed by atoms with Crippen LogP contribution in [0.1, 0.15) is 40.0 Å². The Morgan fingerprint density at radius 3 is 2.92 bits per heavy atom. The third kappa shape index (κ3) is 3.72. The molecule has 132 valence electrons. The van der Waals surface area contributed by atoms with Crippen molar-refractivity contribution in [2.45, 2.75) is 51.2 Å². The Hall–Kier alpha value is -1.62. The summed E-state index contributed by atoms with van der Waals surface area (Å²) in [6, 6.07) is 5.87. The number of benzene rings is 1. The molecule has 2 atom stereocenters. The van der Waals surface area contributed by atoms with Crippen molar-refractivity contribution in [3.8, 4) is 5.75 Å². The molecule has 0 N–H and O–H groups in total. The Morgan fingerprint density at radius 1 is 1.38 bits per heavy atom. The molecule has 2 aliphatic rings. The van der Waals surface area contributed by atoms with Crippen LogP contribution in [-0.4, -0.2) is 41.7 Å². The molecule has 0 spiro atoms. The molecule has 3 rings (SSSR count). The zero-order chi connectivity index (χ0) is 17.4. The van der Waals surface area contributed by atoms with Gasteiger partial charge >= 0.3 is 0 Å². The number of rotatable bonds is 3. The van der Waals surface area contributed by atoms with E-state index in [1.807, 2.05) is 4.90 Å². The second-order valence-electron chi connectivity index (χ2n) is 7.75. The van der Waals surface area contributed by atoms with E-state index in [2.05, 4.69) is 20.8 Å². The van der Waals surface area contributed by atoms with Gasteiger partial charge in [-0.05, 0) is 52.2 Å². The zero-order valence-electron chi connectivity index (χ0n) is 14.7. The van der Waals surface area contributed by atoms with Crippen LogP contribution in [-0.2, 0) is 9.53 Å². The Labute approximate surface area is 142 Å². The molecule has 0 unspecified atom stereocenters. The maximum Gasteiger partial charge on any atom is 0.260 e. The highest BCUT2D eigenvalue weighted by atomic mass is 19.1. The highest BCUT2D eigenvalue weighted by molar-refractivity contribution is 5.78. The van der Waals surface area contributed by atoms with Gasteiger partial charge in [0.1, 0.15) is 11.6 Å². The van der Waals surface area contributed by atoms with Gasteiger partial charge in [0.05, 0.1) is 11.2 Å². The second kappa shape index (κ2) is 6.36. The molecule has 1 aromatic carbocycles. The average Bonchev–Trinajstić information content (AvgIpc) is 2.51. The molecule has 1 aromatic rings. The third-order valence-electron chi connectivity index (χ3n) is 5.30. The van der Waals surface area contributed by atoms with Crippen molar-refractivity contribution < 1.29 is 18.7 Å². The first-order valence-corrected chi connectivity index (χ1v) is 8.64. The Bertz CT molecular complexity index is 618. The summed E-state index contributed by atoms with van der Waals surface area (Å²) in [5, 5.41) is 0. The number of nitrogens with zero attached hydrogens (tertiary/aromatic N) is 1. The summed E-state index contributed by atoms with van der Waals surface area (Å²) in [5.41, 5.74) is -0.236. The summed E-state index contributed by atoms with van der Waals surface area (Å²) in [6.45, 7) is 7.77. The van der Waals surface area contributed by atoms with E-state index in [-0.39, 0.29) is 29.5 Å². The van der Waals surface area contributed by atoms with Crippen molar-refractivity contribution >= 4 is 5.91 Å². The largest absolute Gasteiger partial charge is 0.484 e. The van der Waals surface area contributed by atoms with Gasteiger partial charge in [-0.2, -0.15) is 0 Å². The molecule has 4 nitrogen and oxygen atoms in total. The van der Waals surface area contributed by atoms with Gasteiger partial charge in [-0.3, -0.25) is 4.79 Å². The van der Waals surface area contributed by atoms with Crippen LogP contribution < -0.4 is 4.74 Å². The van der Waals surface area contributed by atoms with Gasteiger partial charge in [0.2, 0.25) is 0 Å². The molecule has 2 saturated heterocycles. The quantitative estimate of drug-likeness (QED) is 0.850. The maximum absolute atomic E-state index is 13.1. The number of carbonyl (C=O) groups excluding carboxylic acids is 1. The molecule has 24 heavy (non-hydrogen) atoms. The Morgan fingerprint density at radius 2 is 2.17 bits per heavy atom. The van der Waals surface area contributed by atoms with Gasteiger partial charge in [0, 0.05) is 25.1 Å². The van der Waals surface area contributed by atoms with E-state index in [4.69, 9.17) is 9.47 Å². The van der Waals surface area contributed by atoms with Crippen LogP contribution in [0.3, 0.4) is 0 Å². The first-order chi connectivity index (χ1) is 11.3. The van der Waals surface area contributed by atoms with Crippen molar-refractivity contribution in [1.82, 2.24) is 4.90 Å². The molecular formula is C19H26FNO3. The van der Waals surface area contributed by atoms with Gasteiger partial charge in [-0.1, -0.05) is 6.07 Å².